The smallest absolute Gasteiger partial charge is 0.0545 e. The van der Waals surface area contributed by atoms with Crippen molar-refractivity contribution in [3.63, 3.8) is 0 Å². The van der Waals surface area contributed by atoms with Crippen LogP contribution in [-0.2, 0) is 13.1 Å². The van der Waals surface area contributed by atoms with Gasteiger partial charge in [-0.3, -0.25) is 9.88 Å². The monoisotopic (exact) mass is 331 g/mol. The number of aromatic nitrogens is 1. The average Bonchev–Trinajstić information content (AvgIpc) is 3.27. The van der Waals surface area contributed by atoms with Gasteiger partial charge in [0.05, 0.1) is 5.69 Å². The largest absolute Gasteiger partial charge is 0.399 e. The fourth-order valence-electron chi connectivity index (χ4n) is 2.32. The van der Waals surface area contributed by atoms with E-state index in [4.69, 9.17) is 5.73 Å². The Hall–Kier alpha value is -1.39. The van der Waals surface area contributed by atoms with Gasteiger partial charge in [-0.2, -0.15) is 0 Å². The summed E-state index contributed by atoms with van der Waals surface area (Å²) in [5.41, 5.74) is 8.99. The quantitative estimate of drug-likeness (QED) is 0.851. The number of nitrogens with two attached hydrogens (primary N) is 1. The topological polar surface area (TPSA) is 42.1 Å². The van der Waals surface area contributed by atoms with Crippen molar-refractivity contribution in [3.8, 4) is 0 Å². The van der Waals surface area contributed by atoms with Crippen LogP contribution in [0.2, 0.25) is 0 Å². The minimum atomic E-state index is 0.706. The molecule has 0 radical (unpaired) electrons. The predicted octanol–water partition coefficient (Wildman–Crippen LogP) is 3.59. The standard InChI is InChI=1S/C16H18BrN3/c17-13-3-6-15(19-9-13)11-20(16-7-8-16)10-12-1-4-14(18)5-2-12/h1-6,9,16H,7-8,10-11,18H2. The van der Waals surface area contributed by atoms with Crippen LogP contribution in [0.1, 0.15) is 24.1 Å². The van der Waals surface area contributed by atoms with Gasteiger partial charge >= 0.3 is 0 Å². The number of anilines is 1. The van der Waals surface area contributed by atoms with Gasteiger partial charge in [-0.15, -0.1) is 0 Å². The van der Waals surface area contributed by atoms with Crippen LogP contribution in [0, 0.1) is 0 Å². The van der Waals surface area contributed by atoms with Crippen molar-refractivity contribution in [1.82, 2.24) is 9.88 Å². The molecule has 3 rings (SSSR count). The second-order valence-electron chi connectivity index (χ2n) is 5.35. The van der Waals surface area contributed by atoms with E-state index in [1.165, 1.54) is 18.4 Å². The van der Waals surface area contributed by atoms with E-state index in [-0.39, 0.29) is 0 Å². The molecule has 0 aliphatic heterocycles. The number of pyridine rings is 1. The molecule has 0 amide bonds. The predicted molar refractivity (Wildman–Crippen MR) is 85.1 cm³/mol. The lowest BCUT2D eigenvalue weighted by Gasteiger charge is -2.21. The Bertz CT molecular complexity index is 514. The third kappa shape index (κ3) is 3.58. The number of nitrogens with zero attached hydrogens (tertiary/aromatic N) is 2. The van der Waals surface area contributed by atoms with Crippen LogP contribution in [-0.4, -0.2) is 15.9 Å². The van der Waals surface area contributed by atoms with Crippen LogP contribution in [0.5, 0.6) is 0 Å². The number of halogens is 1. The number of hydrogen-bond donors (Lipinski definition) is 1. The average molecular weight is 332 g/mol. The van der Waals surface area contributed by atoms with E-state index in [2.05, 4.69) is 50.1 Å². The molecule has 0 atom stereocenters. The van der Waals surface area contributed by atoms with Gasteiger partial charge < -0.3 is 5.73 Å². The lowest BCUT2D eigenvalue weighted by molar-refractivity contribution is 0.243. The highest BCUT2D eigenvalue weighted by molar-refractivity contribution is 9.10. The molecule has 1 fully saturated rings. The summed E-state index contributed by atoms with van der Waals surface area (Å²) in [4.78, 5) is 6.98. The van der Waals surface area contributed by atoms with Crippen molar-refractivity contribution in [2.24, 2.45) is 0 Å². The lowest BCUT2D eigenvalue weighted by Crippen LogP contribution is -2.25. The molecule has 1 aliphatic carbocycles. The molecule has 1 aromatic carbocycles. The zero-order chi connectivity index (χ0) is 13.9. The minimum absolute atomic E-state index is 0.706. The van der Waals surface area contributed by atoms with Crippen LogP contribution in [0.15, 0.2) is 47.1 Å². The summed E-state index contributed by atoms with van der Waals surface area (Å²) in [6.07, 6.45) is 4.46. The molecule has 1 aliphatic rings. The van der Waals surface area contributed by atoms with Gasteiger partial charge in [0.2, 0.25) is 0 Å². The first kappa shape index (κ1) is 13.6. The van der Waals surface area contributed by atoms with Crippen molar-refractivity contribution < 1.29 is 0 Å². The molecule has 1 saturated carbocycles. The van der Waals surface area contributed by atoms with Crippen molar-refractivity contribution in [2.75, 3.05) is 5.73 Å². The van der Waals surface area contributed by atoms with Crippen molar-refractivity contribution in [2.45, 2.75) is 32.0 Å². The van der Waals surface area contributed by atoms with Gasteiger partial charge in [0.15, 0.2) is 0 Å². The Morgan fingerprint density at radius 2 is 1.85 bits per heavy atom. The van der Waals surface area contributed by atoms with E-state index in [1.807, 2.05) is 18.3 Å². The Morgan fingerprint density at radius 3 is 2.45 bits per heavy atom. The van der Waals surface area contributed by atoms with Crippen LogP contribution in [0.25, 0.3) is 0 Å². The first-order valence-corrected chi connectivity index (χ1v) is 7.69. The molecule has 2 N–H and O–H groups in total. The Balaban J connectivity index is 1.69. The van der Waals surface area contributed by atoms with E-state index >= 15 is 0 Å². The molecule has 104 valence electrons. The molecular weight excluding hydrogens is 314 g/mol. The summed E-state index contributed by atoms with van der Waals surface area (Å²) in [6, 6.07) is 13.0. The maximum Gasteiger partial charge on any atom is 0.0545 e. The molecule has 4 heteroatoms. The molecule has 1 heterocycles. The van der Waals surface area contributed by atoms with Crippen LogP contribution in [0.3, 0.4) is 0 Å². The van der Waals surface area contributed by atoms with Crippen LogP contribution >= 0.6 is 15.9 Å². The van der Waals surface area contributed by atoms with Crippen LogP contribution < -0.4 is 5.73 Å². The number of nitrogen functional groups attached to an aromatic ring is 1. The molecular formula is C16H18BrN3. The first-order chi connectivity index (χ1) is 9.70. The molecule has 0 spiro atoms. The van der Waals surface area contributed by atoms with Gasteiger partial charge in [0, 0.05) is 35.5 Å². The SMILES string of the molecule is Nc1ccc(CN(Cc2ccc(Br)cn2)C2CC2)cc1. The van der Waals surface area contributed by atoms with E-state index in [1.54, 1.807) is 0 Å². The van der Waals surface area contributed by atoms with Crippen LogP contribution in [0.4, 0.5) is 5.69 Å². The Kier molecular flexibility index (Phi) is 4.03. The molecule has 2 aromatic rings. The maximum atomic E-state index is 5.74. The second-order valence-corrected chi connectivity index (χ2v) is 6.26. The molecule has 20 heavy (non-hydrogen) atoms. The molecule has 3 nitrogen and oxygen atoms in total. The normalized spacial score (nSPS) is 14.7. The Morgan fingerprint density at radius 1 is 1.10 bits per heavy atom. The first-order valence-electron chi connectivity index (χ1n) is 6.89. The lowest BCUT2D eigenvalue weighted by atomic mass is 10.2. The summed E-state index contributed by atoms with van der Waals surface area (Å²) in [5, 5.41) is 0. The summed E-state index contributed by atoms with van der Waals surface area (Å²) < 4.78 is 1.03. The van der Waals surface area contributed by atoms with Crippen molar-refractivity contribution >= 4 is 21.6 Å². The molecule has 0 unspecified atom stereocenters. The van der Waals surface area contributed by atoms with Gasteiger partial charge in [0.25, 0.3) is 0 Å². The van der Waals surface area contributed by atoms with Crippen molar-refractivity contribution in [1.29, 1.82) is 0 Å². The van der Waals surface area contributed by atoms with E-state index in [0.717, 1.165) is 28.9 Å². The Labute approximate surface area is 127 Å². The summed E-state index contributed by atoms with van der Waals surface area (Å²) in [6.45, 7) is 1.87. The fraction of sp³-hybridized carbons (Fsp3) is 0.312. The highest BCUT2D eigenvalue weighted by atomic mass is 79.9. The highest BCUT2D eigenvalue weighted by Gasteiger charge is 2.29. The zero-order valence-corrected chi connectivity index (χ0v) is 12.9. The number of hydrogen-bond acceptors (Lipinski definition) is 3. The van der Waals surface area contributed by atoms with Gasteiger partial charge in [0.1, 0.15) is 0 Å². The third-order valence-electron chi connectivity index (χ3n) is 3.58. The molecule has 0 bridgehead atoms. The van der Waals surface area contributed by atoms with E-state index < -0.39 is 0 Å². The van der Waals surface area contributed by atoms with Gasteiger partial charge in [-0.1, -0.05) is 12.1 Å². The second kappa shape index (κ2) is 5.94. The van der Waals surface area contributed by atoms with Gasteiger partial charge in [-0.05, 0) is 58.6 Å². The summed E-state index contributed by atoms with van der Waals surface area (Å²) in [7, 11) is 0. The minimum Gasteiger partial charge on any atom is -0.399 e. The number of benzene rings is 1. The molecule has 1 aromatic heterocycles. The van der Waals surface area contributed by atoms with Crippen molar-refractivity contribution in [3.05, 3.63) is 58.3 Å². The zero-order valence-electron chi connectivity index (χ0n) is 11.3. The molecule has 0 saturated heterocycles. The summed E-state index contributed by atoms with van der Waals surface area (Å²) in [5.74, 6) is 0. The third-order valence-corrected chi connectivity index (χ3v) is 4.05. The summed E-state index contributed by atoms with van der Waals surface area (Å²) >= 11 is 3.43. The van der Waals surface area contributed by atoms with E-state index in [0.29, 0.717) is 6.04 Å². The maximum absolute atomic E-state index is 5.74. The van der Waals surface area contributed by atoms with Gasteiger partial charge in [-0.25, -0.2) is 0 Å². The number of rotatable bonds is 5. The fourth-order valence-corrected chi connectivity index (χ4v) is 2.55. The van der Waals surface area contributed by atoms with E-state index in [9.17, 15) is 0 Å². The highest BCUT2D eigenvalue weighted by Crippen LogP contribution is 2.29.